The second-order valence-corrected chi connectivity index (χ2v) is 7.17. The van der Waals surface area contributed by atoms with E-state index in [0.717, 1.165) is 19.4 Å². The molecule has 0 bridgehead atoms. The molecule has 0 saturated heterocycles. The first-order chi connectivity index (χ1) is 10.3. The summed E-state index contributed by atoms with van der Waals surface area (Å²) in [6, 6.07) is 12.2. The molecule has 3 rings (SSSR count). The van der Waals surface area contributed by atoms with Crippen molar-refractivity contribution >= 4 is 11.3 Å². The van der Waals surface area contributed by atoms with Crippen molar-refractivity contribution in [1.82, 2.24) is 5.32 Å². The lowest BCUT2D eigenvalue weighted by Gasteiger charge is -2.19. The van der Waals surface area contributed by atoms with E-state index < -0.39 is 0 Å². The first-order valence-electron chi connectivity index (χ1n) is 8.22. The maximum absolute atomic E-state index is 3.67. The van der Waals surface area contributed by atoms with Gasteiger partial charge in [-0.15, -0.1) is 11.3 Å². The molecule has 1 N–H and O–H groups in total. The third-order valence-corrected chi connectivity index (χ3v) is 5.70. The van der Waals surface area contributed by atoms with Gasteiger partial charge in [-0.2, -0.15) is 0 Å². The van der Waals surface area contributed by atoms with Gasteiger partial charge in [0, 0.05) is 22.2 Å². The van der Waals surface area contributed by atoms with Crippen LogP contribution in [-0.4, -0.2) is 6.54 Å². The van der Waals surface area contributed by atoms with E-state index in [1.54, 1.807) is 11.1 Å². The van der Waals surface area contributed by atoms with Crippen LogP contribution < -0.4 is 5.32 Å². The molecule has 0 amide bonds. The maximum atomic E-state index is 3.67. The third kappa shape index (κ3) is 3.38. The molecule has 0 radical (unpaired) electrons. The highest BCUT2D eigenvalue weighted by Crippen LogP contribution is 2.28. The van der Waals surface area contributed by atoms with E-state index in [9.17, 15) is 0 Å². The van der Waals surface area contributed by atoms with Crippen molar-refractivity contribution < 1.29 is 0 Å². The minimum absolute atomic E-state index is 0.448. The van der Waals surface area contributed by atoms with Crippen molar-refractivity contribution in [3.63, 3.8) is 0 Å². The monoisotopic (exact) mass is 299 g/mol. The van der Waals surface area contributed by atoms with E-state index >= 15 is 0 Å². The van der Waals surface area contributed by atoms with E-state index in [1.807, 2.05) is 11.3 Å². The van der Waals surface area contributed by atoms with Gasteiger partial charge < -0.3 is 5.32 Å². The van der Waals surface area contributed by atoms with Gasteiger partial charge in [0.05, 0.1) is 0 Å². The van der Waals surface area contributed by atoms with Crippen LogP contribution in [0.15, 0.2) is 30.3 Å². The fourth-order valence-corrected chi connectivity index (χ4v) is 4.29. The molecular weight excluding hydrogens is 274 g/mol. The van der Waals surface area contributed by atoms with Crippen molar-refractivity contribution in [2.75, 3.05) is 6.54 Å². The van der Waals surface area contributed by atoms with E-state index in [2.05, 4.69) is 49.5 Å². The number of hydrogen-bond acceptors (Lipinski definition) is 2. The molecule has 2 aromatic rings. The molecule has 1 aromatic heterocycles. The Morgan fingerprint density at radius 3 is 2.62 bits per heavy atom. The Balaban J connectivity index is 1.80. The molecule has 112 valence electrons. The van der Waals surface area contributed by atoms with Crippen LogP contribution >= 0.6 is 11.3 Å². The summed E-state index contributed by atoms with van der Waals surface area (Å²) >= 11 is 1.97. The minimum atomic E-state index is 0.448. The van der Waals surface area contributed by atoms with Gasteiger partial charge in [0.25, 0.3) is 0 Å². The summed E-state index contributed by atoms with van der Waals surface area (Å²) in [4.78, 5) is 2.99. The number of nitrogens with one attached hydrogen (secondary N) is 1. The Morgan fingerprint density at radius 1 is 1.05 bits per heavy atom. The number of aryl methyl sites for hydroxylation is 3. The van der Waals surface area contributed by atoms with Crippen LogP contribution in [0.5, 0.6) is 0 Å². The lowest BCUT2D eigenvalue weighted by Crippen LogP contribution is -2.22. The van der Waals surface area contributed by atoms with Crippen molar-refractivity contribution in [2.45, 2.75) is 52.0 Å². The fraction of sp³-hybridized carbons (Fsp3) is 0.474. The van der Waals surface area contributed by atoms with Crippen LogP contribution in [0, 0.1) is 0 Å². The third-order valence-electron chi connectivity index (χ3n) is 4.45. The molecule has 2 heteroatoms. The predicted octanol–water partition coefficient (Wildman–Crippen LogP) is 4.69. The van der Waals surface area contributed by atoms with Crippen LogP contribution in [0.1, 0.15) is 52.8 Å². The van der Waals surface area contributed by atoms with Gasteiger partial charge in [0.2, 0.25) is 0 Å². The van der Waals surface area contributed by atoms with Crippen LogP contribution in [0.3, 0.4) is 0 Å². The Kier molecular flexibility index (Phi) is 4.77. The minimum Gasteiger partial charge on any atom is -0.310 e. The highest BCUT2D eigenvalue weighted by atomic mass is 32.1. The Labute approximate surface area is 132 Å². The molecule has 0 fully saturated rings. The summed E-state index contributed by atoms with van der Waals surface area (Å²) in [7, 11) is 0. The smallest absolute Gasteiger partial charge is 0.0368 e. The summed E-state index contributed by atoms with van der Waals surface area (Å²) in [6.45, 7) is 5.46. The summed E-state index contributed by atoms with van der Waals surface area (Å²) in [5, 5.41) is 3.67. The molecule has 21 heavy (non-hydrogen) atoms. The molecule has 1 aliphatic carbocycles. The van der Waals surface area contributed by atoms with Crippen molar-refractivity contribution in [3.05, 3.63) is 56.8 Å². The van der Waals surface area contributed by atoms with Crippen molar-refractivity contribution in [2.24, 2.45) is 0 Å². The van der Waals surface area contributed by atoms with Gasteiger partial charge in [-0.05, 0) is 61.1 Å². The van der Waals surface area contributed by atoms with E-state index in [4.69, 9.17) is 0 Å². The van der Waals surface area contributed by atoms with E-state index in [-0.39, 0.29) is 0 Å². The predicted molar refractivity (Wildman–Crippen MR) is 92.3 cm³/mol. The molecule has 1 unspecified atom stereocenters. The second kappa shape index (κ2) is 6.76. The normalized spacial score (nSPS) is 15.1. The zero-order chi connectivity index (χ0) is 14.7. The van der Waals surface area contributed by atoms with Crippen LogP contribution in [0.25, 0.3) is 0 Å². The first kappa shape index (κ1) is 14.8. The van der Waals surface area contributed by atoms with Crippen LogP contribution in [0.2, 0.25) is 0 Å². The van der Waals surface area contributed by atoms with E-state index in [0.29, 0.717) is 6.04 Å². The number of fused-ring (bicyclic) bond motifs is 1. The Hall–Kier alpha value is -1.12. The van der Waals surface area contributed by atoms with Gasteiger partial charge in [0.1, 0.15) is 0 Å². The van der Waals surface area contributed by atoms with Gasteiger partial charge >= 0.3 is 0 Å². The molecule has 1 atom stereocenters. The molecule has 0 spiro atoms. The van der Waals surface area contributed by atoms with Gasteiger partial charge in [-0.1, -0.05) is 32.0 Å². The first-order valence-corrected chi connectivity index (χ1v) is 9.04. The molecule has 0 saturated carbocycles. The van der Waals surface area contributed by atoms with Gasteiger partial charge in [0.15, 0.2) is 0 Å². The van der Waals surface area contributed by atoms with Gasteiger partial charge in [-0.25, -0.2) is 0 Å². The van der Waals surface area contributed by atoms with E-state index in [1.165, 1.54) is 34.6 Å². The Morgan fingerprint density at radius 2 is 1.86 bits per heavy atom. The second-order valence-electron chi connectivity index (χ2n) is 5.92. The molecule has 1 aliphatic rings. The largest absolute Gasteiger partial charge is 0.310 e. The number of likely N-dealkylation sites (N-methyl/N-ethyl adjacent to an activating group) is 1. The lowest BCUT2D eigenvalue weighted by molar-refractivity contribution is 0.553. The maximum Gasteiger partial charge on any atom is 0.0368 e. The summed E-state index contributed by atoms with van der Waals surface area (Å²) < 4.78 is 0. The van der Waals surface area contributed by atoms with Crippen LogP contribution in [0.4, 0.5) is 0 Å². The number of thiophene rings is 1. The standard InChI is InChI=1S/C19H25NS/c1-3-17-10-11-18(21-17)13-19(20-4-2)16-9-8-14-6-5-7-15(14)12-16/h8-12,19-20H,3-7,13H2,1-2H3. The Bertz CT molecular complexity index is 599. The quantitative estimate of drug-likeness (QED) is 0.816. The average Bonchev–Trinajstić information content (AvgIpc) is 3.14. The van der Waals surface area contributed by atoms with Crippen LogP contribution in [-0.2, 0) is 25.7 Å². The SMILES string of the molecule is CCNC(Cc1ccc(CC)s1)c1ccc2c(c1)CCC2. The van der Waals surface area contributed by atoms with Crippen molar-refractivity contribution in [1.29, 1.82) is 0 Å². The summed E-state index contributed by atoms with van der Waals surface area (Å²) in [6.07, 6.45) is 6.12. The number of rotatable bonds is 6. The number of hydrogen-bond donors (Lipinski definition) is 1. The zero-order valence-electron chi connectivity index (χ0n) is 13.1. The zero-order valence-corrected chi connectivity index (χ0v) is 13.9. The molecule has 1 aromatic carbocycles. The van der Waals surface area contributed by atoms with Crippen molar-refractivity contribution in [3.8, 4) is 0 Å². The molecule has 1 nitrogen and oxygen atoms in total. The highest BCUT2D eigenvalue weighted by molar-refractivity contribution is 7.11. The lowest BCUT2D eigenvalue weighted by atomic mass is 9.98. The number of benzene rings is 1. The molecular formula is C19H25NS. The summed E-state index contributed by atoms with van der Waals surface area (Å²) in [5.74, 6) is 0. The topological polar surface area (TPSA) is 12.0 Å². The highest BCUT2D eigenvalue weighted by Gasteiger charge is 2.16. The van der Waals surface area contributed by atoms with Gasteiger partial charge in [-0.3, -0.25) is 0 Å². The average molecular weight is 299 g/mol. The molecule has 0 aliphatic heterocycles. The summed E-state index contributed by atoms with van der Waals surface area (Å²) in [5.41, 5.74) is 4.61. The fourth-order valence-electron chi connectivity index (χ4n) is 3.29. The molecule has 1 heterocycles.